The standard InChI is InChI=1S/C21H33ClN2.2ClH/c1-24-12-11-19(23)14-20(24)15-21(16-7-4-2-3-5-8-16)17-9-6-10-18(22)13-17;;/h6,9-10,13,16,19-21H,2-5,7-8,11-12,14-15,23H2,1H3;2*1H. The molecule has 150 valence electrons. The monoisotopic (exact) mass is 420 g/mol. The third-order valence-electron chi connectivity index (χ3n) is 6.32. The van der Waals surface area contributed by atoms with E-state index >= 15 is 0 Å². The van der Waals surface area contributed by atoms with Crippen LogP contribution in [0.1, 0.15) is 69.3 Å². The van der Waals surface area contributed by atoms with Crippen molar-refractivity contribution in [1.29, 1.82) is 0 Å². The van der Waals surface area contributed by atoms with E-state index in [1.54, 1.807) is 0 Å². The summed E-state index contributed by atoms with van der Waals surface area (Å²) >= 11 is 6.32. The smallest absolute Gasteiger partial charge is 0.0408 e. The van der Waals surface area contributed by atoms with Crippen molar-refractivity contribution in [3.05, 3.63) is 34.9 Å². The molecule has 0 spiro atoms. The normalized spacial score (nSPS) is 26.3. The largest absolute Gasteiger partial charge is 0.328 e. The van der Waals surface area contributed by atoms with Crippen molar-refractivity contribution in [2.45, 2.75) is 75.8 Å². The van der Waals surface area contributed by atoms with Gasteiger partial charge in [0.05, 0.1) is 0 Å². The number of benzene rings is 1. The molecule has 1 heterocycles. The third-order valence-corrected chi connectivity index (χ3v) is 6.56. The van der Waals surface area contributed by atoms with Crippen molar-refractivity contribution in [2.75, 3.05) is 13.6 Å². The summed E-state index contributed by atoms with van der Waals surface area (Å²) in [7, 11) is 2.28. The molecule has 3 unspecified atom stereocenters. The molecule has 0 aromatic heterocycles. The number of halogens is 3. The molecule has 2 aliphatic rings. The first-order chi connectivity index (χ1) is 11.6. The van der Waals surface area contributed by atoms with Gasteiger partial charge in [0.1, 0.15) is 0 Å². The molecule has 1 aliphatic heterocycles. The predicted octanol–water partition coefficient (Wildman–Crippen LogP) is 6.05. The van der Waals surface area contributed by atoms with Crippen LogP contribution in [-0.2, 0) is 0 Å². The van der Waals surface area contributed by atoms with E-state index in [0.717, 1.165) is 30.3 Å². The fourth-order valence-corrected chi connectivity index (χ4v) is 5.02. The molecule has 5 heteroatoms. The topological polar surface area (TPSA) is 29.3 Å². The molecule has 0 bridgehead atoms. The van der Waals surface area contributed by atoms with E-state index in [4.69, 9.17) is 17.3 Å². The van der Waals surface area contributed by atoms with Gasteiger partial charge in [-0.05, 0) is 75.2 Å². The van der Waals surface area contributed by atoms with Gasteiger partial charge in [-0.15, -0.1) is 24.8 Å². The zero-order chi connectivity index (χ0) is 16.9. The van der Waals surface area contributed by atoms with E-state index in [2.05, 4.69) is 30.1 Å². The number of hydrogen-bond acceptors (Lipinski definition) is 2. The predicted molar refractivity (Wildman–Crippen MR) is 118 cm³/mol. The van der Waals surface area contributed by atoms with Gasteiger partial charge in [-0.1, -0.05) is 49.4 Å². The lowest BCUT2D eigenvalue weighted by Crippen LogP contribution is -2.45. The Kier molecular flexibility index (Phi) is 10.9. The van der Waals surface area contributed by atoms with Crippen molar-refractivity contribution >= 4 is 36.4 Å². The van der Waals surface area contributed by atoms with Crippen molar-refractivity contribution in [1.82, 2.24) is 4.90 Å². The highest BCUT2D eigenvalue weighted by atomic mass is 35.5. The molecule has 1 aliphatic carbocycles. The third kappa shape index (κ3) is 6.56. The number of hydrogen-bond donors (Lipinski definition) is 1. The highest BCUT2D eigenvalue weighted by molar-refractivity contribution is 6.30. The number of nitrogens with two attached hydrogens (primary N) is 1. The van der Waals surface area contributed by atoms with Gasteiger partial charge in [0.2, 0.25) is 0 Å². The maximum Gasteiger partial charge on any atom is 0.0408 e. The highest BCUT2D eigenvalue weighted by Gasteiger charge is 2.31. The number of rotatable bonds is 4. The molecule has 0 radical (unpaired) electrons. The van der Waals surface area contributed by atoms with Crippen LogP contribution in [0.4, 0.5) is 0 Å². The molecule has 1 aromatic carbocycles. The van der Waals surface area contributed by atoms with Gasteiger partial charge in [-0.25, -0.2) is 0 Å². The molecule has 2 fully saturated rings. The summed E-state index contributed by atoms with van der Waals surface area (Å²) in [6, 6.07) is 9.61. The average Bonchev–Trinajstić information content (AvgIpc) is 2.85. The molecule has 3 atom stereocenters. The van der Waals surface area contributed by atoms with Crippen molar-refractivity contribution in [3.63, 3.8) is 0 Å². The highest BCUT2D eigenvalue weighted by Crippen LogP contribution is 2.40. The summed E-state index contributed by atoms with van der Waals surface area (Å²) in [6.45, 7) is 1.14. The summed E-state index contributed by atoms with van der Waals surface area (Å²) in [6.07, 6.45) is 11.9. The van der Waals surface area contributed by atoms with Crippen LogP contribution in [0.5, 0.6) is 0 Å². The second-order valence-electron chi connectivity index (χ2n) is 8.07. The Morgan fingerprint density at radius 3 is 2.46 bits per heavy atom. The summed E-state index contributed by atoms with van der Waals surface area (Å²) in [5.41, 5.74) is 7.73. The Morgan fingerprint density at radius 2 is 1.81 bits per heavy atom. The van der Waals surface area contributed by atoms with Crippen molar-refractivity contribution in [3.8, 4) is 0 Å². The number of piperidine rings is 1. The maximum atomic E-state index is 6.32. The first-order valence-corrected chi connectivity index (χ1v) is 10.2. The van der Waals surface area contributed by atoms with Crippen LogP contribution in [0.3, 0.4) is 0 Å². The van der Waals surface area contributed by atoms with Crippen molar-refractivity contribution in [2.24, 2.45) is 11.7 Å². The number of likely N-dealkylation sites (tertiary alicyclic amines) is 1. The molecular formula is C21H35Cl3N2. The van der Waals surface area contributed by atoms with Crippen LogP contribution < -0.4 is 5.73 Å². The molecule has 2 N–H and O–H groups in total. The fourth-order valence-electron chi connectivity index (χ4n) is 4.82. The Morgan fingerprint density at radius 1 is 1.12 bits per heavy atom. The first kappa shape index (κ1) is 24.0. The van der Waals surface area contributed by atoms with E-state index < -0.39 is 0 Å². The van der Waals surface area contributed by atoms with Gasteiger partial charge in [-0.2, -0.15) is 0 Å². The Labute approximate surface area is 177 Å². The zero-order valence-corrected chi connectivity index (χ0v) is 18.3. The molecule has 26 heavy (non-hydrogen) atoms. The SMILES string of the molecule is CN1CCC(N)CC1CC(c1cccc(Cl)c1)C1CCCCCC1.Cl.Cl. The summed E-state index contributed by atoms with van der Waals surface area (Å²) in [5.74, 6) is 1.43. The average molecular weight is 422 g/mol. The van der Waals surface area contributed by atoms with Gasteiger partial charge in [-0.3, -0.25) is 0 Å². The van der Waals surface area contributed by atoms with E-state index in [9.17, 15) is 0 Å². The summed E-state index contributed by atoms with van der Waals surface area (Å²) in [4.78, 5) is 2.54. The lowest BCUT2D eigenvalue weighted by Gasteiger charge is -2.39. The summed E-state index contributed by atoms with van der Waals surface area (Å²) in [5, 5.41) is 0.875. The van der Waals surface area contributed by atoms with Gasteiger partial charge in [0, 0.05) is 17.1 Å². The molecule has 3 rings (SSSR count). The van der Waals surface area contributed by atoms with E-state index in [-0.39, 0.29) is 24.8 Å². The van der Waals surface area contributed by atoms with Crippen LogP contribution in [0.2, 0.25) is 5.02 Å². The van der Waals surface area contributed by atoms with Crippen LogP contribution in [0, 0.1) is 5.92 Å². The molecule has 1 aromatic rings. The Bertz CT molecular complexity index is 518. The van der Waals surface area contributed by atoms with E-state index in [1.165, 1.54) is 50.5 Å². The Balaban J connectivity index is 0.00000169. The fraction of sp³-hybridized carbons (Fsp3) is 0.714. The maximum absolute atomic E-state index is 6.32. The second kappa shape index (κ2) is 11.8. The first-order valence-electron chi connectivity index (χ1n) is 9.85. The molecular weight excluding hydrogens is 387 g/mol. The van der Waals surface area contributed by atoms with Crippen LogP contribution >= 0.6 is 36.4 Å². The van der Waals surface area contributed by atoms with E-state index in [0.29, 0.717) is 18.0 Å². The van der Waals surface area contributed by atoms with Crippen LogP contribution in [0.25, 0.3) is 0 Å². The molecule has 1 saturated carbocycles. The van der Waals surface area contributed by atoms with Gasteiger partial charge >= 0.3 is 0 Å². The van der Waals surface area contributed by atoms with Crippen molar-refractivity contribution < 1.29 is 0 Å². The molecule has 0 amide bonds. The molecule has 1 saturated heterocycles. The van der Waals surface area contributed by atoms with E-state index in [1.807, 2.05) is 6.07 Å². The Hall–Kier alpha value is 0.01000. The minimum absolute atomic E-state index is 0. The van der Waals surface area contributed by atoms with Crippen LogP contribution in [0.15, 0.2) is 24.3 Å². The number of nitrogens with zero attached hydrogens (tertiary/aromatic N) is 1. The van der Waals surface area contributed by atoms with Gasteiger partial charge in [0.25, 0.3) is 0 Å². The van der Waals surface area contributed by atoms with Crippen LogP contribution in [-0.4, -0.2) is 30.6 Å². The molecule has 2 nitrogen and oxygen atoms in total. The second-order valence-corrected chi connectivity index (χ2v) is 8.50. The summed E-state index contributed by atoms with van der Waals surface area (Å²) < 4.78 is 0. The minimum Gasteiger partial charge on any atom is -0.328 e. The van der Waals surface area contributed by atoms with Gasteiger partial charge < -0.3 is 10.6 Å². The zero-order valence-electron chi connectivity index (χ0n) is 15.9. The quantitative estimate of drug-likeness (QED) is 0.599. The lowest BCUT2D eigenvalue weighted by molar-refractivity contribution is 0.143. The minimum atomic E-state index is 0. The lowest BCUT2D eigenvalue weighted by atomic mass is 9.76. The van der Waals surface area contributed by atoms with Gasteiger partial charge in [0.15, 0.2) is 0 Å².